The van der Waals surface area contributed by atoms with E-state index in [1.807, 2.05) is 48.5 Å². The molecule has 0 unspecified atom stereocenters. The third kappa shape index (κ3) is 2.48. The zero-order chi connectivity index (χ0) is 19.5. The van der Waals surface area contributed by atoms with Gasteiger partial charge in [0, 0.05) is 31.6 Å². The standard InChI is InChI=1S/C26H14Cl2O/c27-22-8-3-6-17-19(22)14-20-18(7-4-9-23(20)28)26(17)15-11-12-25-21(13-15)16-5-1-2-10-24(16)29-25/h1-14H. The van der Waals surface area contributed by atoms with E-state index in [0.717, 1.165) is 64.7 Å². The van der Waals surface area contributed by atoms with Crippen LogP contribution < -0.4 is 0 Å². The molecule has 3 heteroatoms. The van der Waals surface area contributed by atoms with Gasteiger partial charge in [-0.05, 0) is 58.3 Å². The highest BCUT2D eigenvalue weighted by Crippen LogP contribution is 2.42. The van der Waals surface area contributed by atoms with Crippen LogP contribution in [0.25, 0.3) is 54.6 Å². The number of hydrogen-bond acceptors (Lipinski definition) is 1. The first-order valence-corrected chi connectivity index (χ1v) is 10.2. The Kier molecular flexibility index (Phi) is 3.64. The van der Waals surface area contributed by atoms with Crippen LogP contribution in [0.2, 0.25) is 10.0 Å². The van der Waals surface area contributed by atoms with Crippen molar-refractivity contribution in [2.45, 2.75) is 0 Å². The summed E-state index contributed by atoms with van der Waals surface area (Å²) in [5.74, 6) is 0. The van der Waals surface area contributed by atoms with E-state index in [1.54, 1.807) is 0 Å². The third-order valence-electron chi connectivity index (χ3n) is 5.60. The average molecular weight is 413 g/mol. The third-order valence-corrected chi connectivity index (χ3v) is 6.26. The Morgan fingerprint density at radius 2 is 1.10 bits per heavy atom. The average Bonchev–Trinajstić information content (AvgIpc) is 3.11. The van der Waals surface area contributed by atoms with Gasteiger partial charge in [-0.2, -0.15) is 0 Å². The van der Waals surface area contributed by atoms with E-state index < -0.39 is 0 Å². The summed E-state index contributed by atoms with van der Waals surface area (Å²) in [7, 11) is 0. The smallest absolute Gasteiger partial charge is 0.135 e. The Bertz CT molecular complexity index is 1520. The van der Waals surface area contributed by atoms with Gasteiger partial charge >= 0.3 is 0 Å². The van der Waals surface area contributed by atoms with Crippen molar-refractivity contribution < 1.29 is 4.42 Å². The van der Waals surface area contributed by atoms with E-state index in [2.05, 4.69) is 36.4 Å². The van der Waals surface area contributed by atoms with Crippen LogP contribution in [0.1, 0.15) is 0 Å². The van der Waals surface area contributed by atoms with E-state index in [4.69, 9.17) is 27.6 Å². The molecule has 0 aliphatic heterocycles. The van der Waals surface area contributed by atoms with Gasteiger partial charge in [-0.25, -0.2) is 0 Å². The van der Waals surface area contributed by atoms with Crippen molar-refractivity contribution in [2.24, 2.45) is 0 Å². The maximum Gasteiger partial charge on any atom is 0.135 e. The molecule has 0 fully saturated rings. The van der Waals surface area contributed by atoms with Crippen LogP contribution in [0.5, 0.6) is 0 Å². The Labute approximate surface area is 177 Å². The summed E-state index contributed by atoms with van der Waals surface area (Å²) in [5.41, 5.74) is 4.03. The quantitative estimate of drug-likeness (QED) is 0.245. The summed E-state index contributed by atoms with van der Waals surface area (Å²) in [5, 5.41) is 7.89. The van der Waals surface area contributed by atoms with Gasteiger partial charge in [-0.1, -0.05) is 71.7 Å². The van der Waals surface area contributed by atoms with Crippen LogP contribution in [0, 0.1) is 0 Å². The Hall–Kier alpha value is -3.00. The van der Waals surface area contributed by atoms with Crippen molar-refractivity contribution in [3.05, 3.63) is 95.0 Å². The molecule has 1 nitrogen and oxygen atoms in total. The highest BCUT2D eigenvalue weighted by Gasteiger charge is 2.15. The predicted molar refractivity (Wildman–Crippen MR) is 124 cm³/mol. The topological polar surface area (TPSA) is 13.1 Å². The van der Waals surface area contributed by atoms with Gasteiger partial charge in [0.2, 0.25) is 0 Å². The second kappa shape index (κ2) is 6.25. The molecule has 1 aromatic heterocycles. The van der Waals surface area contributed by atoms with Crippen LogP contribution >= 0.6 is 23.2 Å². The molecular weight excluding hydrogens is 399 g/mol. The lowest BCUT2D eigenvalue weighted by Gasteiger charge is -2.14. The Morgan fingerprint density at radius 3 is 1.83 bits per heavy atom. The number of furan rings is 1. The molecule has 29 heavy (non-hydrogen) atoms. The SMILES string of the molecule is Clc1cccc2c(-c3ccc4oc5ccccc5c4c3)c3cccc(Cl)c3cc12. The molecule has 0 saturated carbocycles. The van der Waals surface area contributed by atoms with E-state index >= 15 is 0 Å². The summed E-state index contributed by atoms with van der Waals surface area (Å²) in [6.45, 7) is 0. The molecule has 6 aromatic rings. The maximum atomic E-state index is 6.57. The van der Waals surface area contributed by atoms with Crippen molar-refractivity contribution in [3.63, 3.8) is 0 Å². The number of rotatable bonds is 1. The van der Waals surface area contributed by atoms with Crippen molar-refractivity contribution >= 4 is 66.7 Å². The van der Waals surface area contributed by atoms with Crippen LogP contribution in [0.3, 0.4) is 0 Å². The maximum absolute atomic E-state index is 6.57. The predicted octanol–water partition coefficient (Wildman–Crippen LogP) is 8.87. The number of para-hydroxylation sites is 1. The lowest BCUT2D eigenvalue weighted by atomic mass is 9.91. The minimum absolute atomic E-state index is 0.723. The van der Waals surface area contributed by atoms with E-state index in [9.17, 15) is 0 Å². The van der Waals surface area contributed by atoms with E-state index in [0.29, 0.717) is 0 Å². The molecule has 138 valence electrons. The monoisotopic (exact) mass is 412 g/mol. The molecule has 6 rings (SSSR count). The minimum atomic E-state index is 0.723. The van der Waals surface area contributed by atoms with Gasteiger partial charge in [0.25, 0.3) is 0 Å². The lowest BCUT2D eigenvalue weighted by Crippen LogP contribution is -1.87. The summed E-state index contributed by atoms with van der Waals surface area (Å²) >= 11 is 13.1. The Morgan fingerprint density at radius 1 is 0.483 bits per heavy atom. The van der Waals surface area contributed by atoms with E-state index in [-0.39, 0.29) is 0 Å². The molecule has 0 N–H and O–H groups in total. The molecule has 0 spiro atoms. The van der Waals surface area contributed by atoms with Gasteiger partial charge in [0.1, 0.15) is 11.2 Å². The van der Waals surface area contributed by atoms with Crippen LogP contribution in [-0.4, -0.2) is 0 Å². The second-order valence-corrected chi connectivity index (χ2v) is 8.05. The van der Waals surface area contributed by atoms with Gasteiger partial charge in [-0.15, -0.1) is 0 Å². The molecular formula is C26H14Cl2O. The molecule has 0 aliphatic rings. The zero-order valence-corrected chi connectivity index (χ0v) is 16.8. The van der Waals surface area contributed by atoms with Gasteiger partial charge in [0.05, 0.1) is 0 Å². The summed E-state index contributed by atoms with van der Waals surface area (Å²) in [4.78, 5) is 0. The molecule has 0 bridgehead atoms. The normalized spacial score (nSPS) is 11.8. The van der Waals surface area contributed by atoms with Crippen LogP contribution in [0.4, 0.5) is 0 Å². The van der Waals surface area contributed by atoms with Crippen molar-refractivity contribution in [1.29, 1.82) is 0 Å². The van der Waals surface area contributed by atoms with Crippen molar-refractivity contribution in [3.8, 4) is 11.1 Å². The number of benzene rings is 5. The van der Waals surface area contributed by atoms with Gasteiger partial charge in [-0.3, -0.25) is 0 Å². The molecule has 0 atom stereocenters. The van der Waals surface area contributed by atoms with Crippen molar-refractivity contribution in [1.82, 2.24) is 0 Å². The second-order valence-electron chi connectivity index (χ2n) is 7.23. The number of fused-ring (bicyclic) bond motifs is 5. The molecule has 0 amide bonds. The first-order chi connectivity index (χ1) is 14.2. The molecule has 0 aliphatic carbocycles. The highest BCUT2D eigenvalue weighted by atomic mass is 35.5. The van der Waals surface area contributed by atoms with Crippen LogP contribution in [0.15, 0.2) is 89.3 Å². The molecule has 1 heterocycles. The fourth-order valence-corrected chi connectivity index (χ4v) is 4.74. The number of halogens is 2. The van der Waals surface area contributed by atoms with Crippen LogP contribution in [-0.2, 0) is 0 Å². The molecule has 0 saturated heterocycles. The fourth-order valence-electron chi connectivity index (χ4n) is 4.29. The lowest BCUT2D eigenvalue weighted by molar-refractivity contribution is 0.669. The highest BCUT2D eigenvalue weighted by molar-refractivity contribution is 6.39. The van der Waals surface area contributed by atoms with E-state index in [1.165, 1.54) is 0 Å². The molecule has 0 radical (unpaired) electrons. The first-order valence-electron chi connectivity index (χ1n) is 9.42. The van der Waals surface area contributed by atoms with Gasteiger partial charge in [0.15, 0.2) is 0 Å². The largest absolute Gasteiger partial charge is 0.456 e. The Balaban J connectivity index is 1.79. The molecule has 5 aromatic carbocycles. The summed E-state index contributed by atoms with van der Waals surface area (Å²) < 4.78 is 6.01. The fraction of sp³-hybridized carbons (Fsp3) is 0. The summed E-state index contributed by atoms with van der Waals surface area (Å²) in [6.07, 6.45) is 0. The summed E-state index contributed by atoms with van der Waals surface area (Å²) in [6, 6.07) is 28.7. The zero-order valence-electron chi connectivity index (χ0n) is 15.2. The number of hydrogen-bond donors (Lipinski definition) is 0. The van der Waals surface area contributed by atoms with Crippen molar-refractivity contribution in [2.75, 3.05) is 0 Å². The first kappa shape index (κ1) is 16.9. The van der Waals surface area contributed by atoms with Gasteiger partial charge < -0.3 is 4.42 Å². The minimum Gasteiger partial charge on any atom is -0.456 e.